The third kappa shape index (κ3) is 3.90. The van der Waals surface area contributed by atoms with Crippen LogP contribution in [0.2, 0.25) is 0 Å². The molecule has 0 saturated heterocycles. The van der Waals surface area contributed by atoms with Crippen molar-refractivity contribution in [1.82, 2.24) is 9.55 Å². The van der Waals surface area contributed by atoms with E-state index in [9.17, 15) is 0 Å². The molecule has 0 bridgehead atoms. The number of allylic oxidation sites excluding steroid dienone is 3. The zero-order valence-corrected chi connectivity index (χ0v) is 18.2. The summed E-state index contributed by atoms with van der Waals surface area (Å²) in [6.07, 6.45) is 10.4. The predicted octanol–water partition coefficient (Wildman–Crippen LogP) is 6.41. The number of benzene rings is 2. The zero-order chi connectivity index (χ0) is 21.1. The number of nitrogens with zero attached hydrogens (tertiary/aromatic N) is 2. The van der Waals surface area contributed by atoms with E-state index in [2.05, 4.69) is 84.2 Å². The molecular formula is C27H31N3. The maximum atomic E-state index is 6.56. The van der Waals surface area contributed by atoms with E-state index < -0.39 is 0 Å². The van der Waals surface area contributed by atoms with E-state index in [1.54, 1.807) is 0 Å². The van der Waals surface area contributed by atoms with Crippen LogP contribution in [0.1, 0.15) is 62.0 Å². The predicted molar refractivity (Wildman–Crippen MR) is 127 cm³/mol. The van der Waals surface area contributed by atoms with Gasteiger partial charge in [-0.1, -0.05) is 67.1 Å². The molecule has 1 saturated carbocycles. The largest absolute Gasteiger partial charge is 0.321 e. The average molecular weight is 398 g/mol. The smallest absolute Gasteiger partial charge is 0.109 e. The van der Waals surface area contributed by atoms with Crippen LogP contribution in [0.3, 0.4) is 0 Å². The summed E-state index contributed by atoms with van der Waals surface area (Å²) >= 11 is 0. The Kier molecular flexibility index (Phi) is 5.74. The molecule has 3 aromatic rings. The summed E-state index contributed by atoms with van der Waals surface area (Å²) in [5.74, 6) is 0.974. The van der Waals surface area contributed by atoms with E-state index in [0.717, 1.165) is 25.1 Å². The molecule has 1 fully saturated rings. The molecule has 0 unspecified atom stereocenters. The van der Waals surface area contributed by atoms with Gasteiger partial charge in [-0.3, -0.25) is 0 Å². The quantitative estimate of drug-likeness (QED) is 0.488. The zero-order valence-electron chi connectivity index (χ0n) is 18.2. The first-order chi connectivity index (χ1) is 14.5. The van der Waals surface area contributed by atoms with Gasteiger partial charge in [0.05, 0.1) is 0 Å². The second-order valence-electron chi connectivity index (χ2n) is 8.39. The van der Waals surface area contributed by atoms with E-state index in [1.165, 1.54) is 39.8 Å². The lowest BCUT2D eigenvalue weighted by molar-refractivity contribution is 0.253. The van der Waals surface area contributed by atoms with Crippen LogP contribution < -0.4 is 5.73 Å². The molecule has 2 aromatic carbocycles. The van der Waals surface area contributed by atoms with Crippen molar-refractivity contribution in [3.05, 3.63) is 95.1 Å². The van der Waals surface area contributed by atoms with Crippen molar-refractivity contribution in [1.29, 1.82) is 0 Å². The fraction of sp³-hybridized carbons (Fsp3) is 0.296. The van der Waals surface area contributed by atoms with Gasteiger partial charge >= 0.3 is 0 Å². The van der Waals surface area contributed by atoms with Gasteiger partial charge in [0.2, 0.25) is 0 Å². The van der Waals surface area contributed by atoms with Crippen LogP contribution in [0.25, 0.3) is 17.3 Å². The Labute approximate surface area is 180 Å². The molecule has 0 amide bonds. The van der Waals surface area contributed by atoms with E-state index in [-0.39, 0.29) is 5.54 Å². The summed E-state index contributed by atoms with van der Waals surface area (Å²) in [5, 5.41) is 0. The SMILES string of the molecule is CCC(C)=C(C(=Cn1ccnc1C)c1ccccc1)c1ccc(C2(N)CCC2)cc1. The Morgan fingerprint density at radius 3 is 2.30 bits per heavy atom. The Morgan fingerprint density at radius 2 is 1.77 bits per heavy atom. The minimum Gasteiger partial charge on any atom is -0.321 e. The van der Waals surface area contributed by atoms with Crippen molar-refractivity contribution in [2.75, 3.05) is 0 Å². The van der Waals surface area contributed by atoms with Crippen LogP contribution in [0.15, 0.2) is 72.6 Å². The van der Waals surface area contributed by atoms with Crippen molar-refractivity contribution >= 4 is 17.3 Å². The first-order valence-corrected chi connectivity index (χ1v) is 10.9. The molecule has 1 aliphatic carbocycles. The molecule has 1 aromatic heterocycles. The maximum absolute atomic E-state index is 6.56. The summed E-state index contributed by atoms with van der Waals surface area (Å²) in [4.78, 5) is 4.40. The van der Waals surface area contributed by atoms with Gasteiger partial charge in [0.25, 0.3) is 0 Å². The average Bonchev–Trinajstić information content (AvgIpc) is 3.17. The van der Waals surface area contributed by atoms with Crippen molar-refractivity contribution in [3.8, 4) is 0 Å². The number of aromatic nitrogens is 2. The molecule has 3 nitrogen and oxygen atoms in total. The summed E-state index contributed by atoms with van der Waals surface area (Å²) < 4.78 is 2.10. The molecule has 154 valence electrons. The van der Waals surface area contributed by atoms with Crippen LogP contribution in [-0.2, 0) is 5.54 Å². The lowest BCUT2D eigenvalue weighted by Crippen LogP contribution is -2.43. The fourth-order valence-corrected chi connectivity index (χ4v) is 4.19. The third-order valence-electron chi connectivity index (χ3n) is 6.44. The van der Waals surface area contributed by atoms with Crippen molar-refractivity contribution < 1.29 is 0 Å². The van der Waals surface area contributed by atoms with Crippen LogP contribution in [0.5, 0.6) is 0 Å². The molecular weight excluding hydrogens is 366 g/mol. The molecule has 0 aliphatic heterocycles. The van der Waals surface area contributed by atoms with Crippen LogP contribution >= 0.6 is 0 Å². The molecule has 0 spiro atoms. The maximum Gasteiger partial charge on any atom is 0.109 e. The Morgan fingerprint density at radius 1 is 1.07 bits per heavy atom. The molecule has 1 aliphatic rings. The highest BCUT2D eigenvalue weighted by atomic mass is 15.0. The molecule has 0 atom stereocenters. The first kappa shape index (κ1) is 20.4. The molecule has 0 radical (unpaired) electrons. The number of imidazole rings is 1. The van der Waals surface area contributed by atoms with E-state index in [4.69, 9.17) is 5.73 Å². The monoisotopic (exact) mass is 397 g/mol. The highest BCUT2D eigenvalue weighted by molar-refractivity contribution is 6.10. The minimum atomic E-state index is -0.131. The number of hydrogen-bond donors (Lipinski definition) is 1. The number of hydrogen-bond acceptors (Lipinski definition) is 2. The Bertz CT molecular complexity index is 1060. The standard InChI is InChI=1S/C27H31N3/c1-4-20(2)26(23-11-13-24(14-12-23)27(28)15-8-16-27)25(22-9-6-5-7-10-22)19-30-18-17-29-21(30)3/h5-7,9-14,17-19H,4,8,15-16,28H2,1-3H3. The van der Waals surface area contributed by atoms with E-state index in [0.29, 0.717) is 0 Å². The second-order valence-corrected chi connectivity index (χ2v) is 8.39. The summed E-state index contributed by atoms with van der Waals surface area (Å²) in [5.41, 5.74) is 14.0. The summed E-state index contributed by atoms with van der Waals surface area (Å²) in [6, 6.07) is 19.6. The fourth-order valence-electron chi connectivity index (χ4n) is 4.19. The normalized spacial score (nSPS) is 16.7. The van der Waals surface area contributed by atoms with Gasteiger partial charge < -0.3 is 10.3 Å². The van der Waals surface area contributed by atoms with Gasteiger partial charge in [0.15, 0.2) is 0 Å². The topological polar surface area (TPSA) is 43.8 Å². The van der Waals surface area contributed by atoms with Crippen molar-refractivity contribution in [2.45, 2.75) is 52.0 Å². The lowest BCUT2D eigenvalue weighted by Gasteiger charge is -2.38. The Balaban J connectivity index is 1.85. The summed E-state index contributed by atoms with van der Waals surface area (Å²) in [6.45, 7) is 6.48. The van der Waals surface area contributed by atoms with Crippen molar-refractivity contribution in [3.63, 3.8) is 0 Å². The summed E-state index contributed by atoms with van der Waals surface area (Å²) in [7, 11) is 0. The van der Waals surface area contributed by atoms with E-state index >= 15 is 0 Å². The Hall–Kier alpha value is -2.91. The lowest BCUT2D eigenvalue weighted by atomic mass is 9.72. The van der Waals surface area contributed by atoms with Crippen molar-refractivity contribution in [2.24, 2.45) is 5.73 Å². The molecule has 30 heavy (non-hydrogen) atoms. The van der Waals surface area contributed by atoms with E-state index in [1.807, 2.05) is 19.3 Å². The molecule has 1 heterocycles. The molecule has 2 N–H and O–H groups in total. The highest BCUT2D eigenvalue weighted by Crippen LogP contribution is 2.40. The van der Waals surface area contributed by atoms with Gasteiger partial charge in [-0.05, 0) is 61.8 Å². The first-order valence-electron chi connectivity index (χ1n) is 10.9. The van der Waals surface area contributed by atoms with Gasteiger partial charge in [0.1, 0.15) is 5.82 Å². The number of rotatable bonds is 6. The second kappa shape index (κ2) is 8.45. The van der Waals surface area contributed by atoms with Gasteiger partial charge in [-0.15, -0.1) is 0 Å². The van der Waals surface area contributed by atoms with Crippen LogP contribution in [0.4, 0.5) is 0 Å². The van der Waals surface area contributed by atoms with Gasteiger partial charge in [0, 0.05) is 29.7 Å². The van der Waals surface area contributed by atoms with Crippen LogP contribution in [0, 0.1) is 6.92 Å². The number of nitrogens with two attached hydrogens (primary N) is 1. The van der Waals surface area contributed by atoms with Gasteiger partial charge in [-0.2, -0.15) is 0 Å². The molecule has 3 heteroatoms. The molecule has 4 rings (SSSR count). The highest BCUT2D eigenvalue weighted by Gasteiger charge is 2.34. The third-order valence-corrected chi connectivity index (χ3v) is 6.44. The van der Waals surface area contributed by atoms with Gasteiger partial charge in [-0.25, -0.2) is 4.98 Å². The minimum absolute atomic E-state index is 0.131. The van der Waals surface area contributed by atoms with Crippen LogP contribution in [-0.4, -0.2) is 9.55 Å². The number of aryl methyl sites for hydroxylation is 1.